The Hall–Kier alpha value is -0.200. The van der Waals surface area contributed by atoms with Gasteiger partial charge in [-0.1, -0.05) is 39.9 Å². The predicted molar refractivity (Wildman–Crippen MR) is 76.4 cm³/mol. The summed E-state index contributed by atoms with van der Waals surface area (Å²) >= 11 is 4.78. The van der Waals surface area contributed by atoms with Crippen molar-refractivity contribution in [2.75, 3.05) is 13.1 Å². The first-order chi connectivity index (χ1) is 7.59. The molecule has 0 saturated heterocycles. The normalized spacial score (nSPS) is 14.6. The summed E-state index contributed by atoms with van der Waals surface area (Å²) in [6, 6.07) is 0. The zero-order valence-corrected chi connectivity index (χ0v) is 12.9. The Morgan fingerprint density at radius 2 is 1.47 bits per heavy atom. The van der Waals surface area contributed by atoms with Crippen molar-refractivity contribution >= 4 is 27.2 Å². The first-order valence-electron chi connectivity index (χ1n) is 5.87. The smallest absolute Gasteiger partial charge is 0.223 e. The van der Waals surface area contributed by atoms with E-state index in [1.807, 2.05) is 27.7 Å². The lowest BCUT2D eigenvalue weighted by Crippen LogP contribution is -2.45. The molecule has 0 aliphatic heterocycles. The van der Waals surface area contributed by atoms with Crippen LogP contribution in [0, 0.1) is 11.8 Å². The van der Waals surface area contributed by atoms with Gasteiger partial charge in [0.05, 0.1) is 4.99 Å². The maximum atomic E-state index is 12.3. The third-order valence-electron chi connectivity index (χ3n) is 2.34. The second-order valence-electron chi connectivity index (χ2n) is 5.19. The molecule has 0 aromatic rings. The highest BCUT2D eigenvalue weighted by molar-refractivity contribution is 7.92. The van der Waals surface area contributed by atoms with E-state index in [1.54, 1.807) is 6.92 Å². The van der Waals surface area contributed by atoms with Crippen LogP contribution in [0.1, 0.15) is 34.6 Å². The van der Waals surface area contributed by atoms with Crippen LogP contribution >= 0.6 is 12.2 Å². The number of thiocarbonyl (C=S) groups is 1. The molecule has 4 nitrogen and oxygen atoms in total. The van der Waals surface area contributed by atoms with Gasteiger partial charge in [-0.15, -0.1) is 0 Å². The number of nitrogens with zero attached hydrogens (tertiary/aromatic N) is 1. The van der Waals surface area contributed by atoms with Crippen molar-refractivity contribution in [2.45, 2.75) is 39.9 Å². The molecule has 17 heavy (non-hydrogen) atoms. The van der Waals surface area contributed by atoms with Gasteiger partial charge in [-0.3, -0.25) is 0 Å². The third kappa shape index (κ3) is 5.31. The molecule has 6 heteroatoms. The molecule has 1 atom stereocenters. The number of nitrogens with two attached hydrogens (primary N) is 1. The Bertz CT molecular complexity index is 340. The average molecular weight is 280 g/mol. The van der Waals surface area contributed by atoms with E-state index in [-0.39, 0.29) is 16.8 Å². The highest BCUT2D eigenvalue weighted by atomic mass is 32.2. The van der Waals surface area contributed by atoms with Crippen LogP contribution in [0.5, 0.6) is 0 Å². The molecule has 0 saturated carbocycles. The Morgan fingerprint density at radius 3 is 1.71 bits per heavy atom. The van der Waals surface area contributed by atoms with Gasteiger partial charge in [0.1, 0.15) is 5.25 Å². The van der Waals surface area contributed by atoms with Gasteiger partial charge in [0.15, 0.2) is 0 Å². The van der Waals surface area contributed by atoms with E-state index in [1.165, 1.54) is 4.31 Å². The Balaban J connectivity index is 5.08. The zero-order chi connectivity index (χ0) is 13.8. The molecule has 0 spiro atoms. The van der Waals surface area contributed by atoms with Gasteiger partial charge >= 0.3 is 0 Å². The van der Waals surface area contributed by atoms with E-state index in [2.05, 4.69) is 0 Å². The van der Waals surface area contributed by atoms with E-state index in [4.69, 9.17) is 18.0 Å². The first-order valence-corrected chi connectivity index (χ1v) is 7.78. The highest BCUT2D eigenvalue weighted by Crippen LogP contribution is 2.14. The lowest BCUT2D eigenvalue weighted by Gasteiger charge is -2.28. The maximum absolute atomic E-state index is 12.3. The van der Waals surface area contributed by atoms with Crippen molar-refractivity contribution in [3.63, 3.8) is 0 Å². The van der Waals surface area contributed by atoms with E-state index < -0.39 is 15.3 Å². The predicted octanol–water partition coefficient (Wildman–Crippen LogP) is 1.60. The topological polar surface area (TPSA) is 63.4 Å². The van der Waals surface area contributed by atoms with Crippen molar-refractivity contribution in [1.29, 1.82) is 0 Å². The van der Waals surface area contributed by atoms with Crippen molar-refractivity contribution in [3.8, 4) is 0 Å². The summed E-state index contributed by atoms with van der Waals surface area (Å²) in [6.45, 7) is 10.5. The summed E-state index contributed by atoms with van der Waals surface area (Å²) < 4.78 is 26.1. The van der Waals surface area contributed by atoms with Crippen LogP contribution in [-0.2, 0) is 10.0 Å². The fourth-order valence-corrected chi connectivity index (χ4v) is 3.58. The number of rotatable bonds is 7. The maximum Gasteiger partial charge on any atom is 0.223 e. The van der Waals surface area contributed by atoms with Crippen molar-refractivity contribution < 1.29 is 8.42 Å². The molecule has 0 aliphatic rings. The van der Waals surface area contributed by atoms with Gasteiger partial charge in [0.2, 0.25) is 10.0 Å². The van der Waals surface area contributed by atoms with Crippen LogP contribution in [-0.4, -0.2) is 36.1 Å². The molecule has 0 bridgehead atoms. The van der Waals surface area contributed by atoms with Crippen LogP contribution in [0.4, 0.5) is 0 Å². The van der Waals surface area contributed by atoms with Crippen molar-refractivity contribution in [2.24, 2.45) is 17.6 Å². The van der Waals surface area contributed by atoms with Gasteiger partial charge in [0.25, 0.3) is 0 Å². The van der Waals surface area contributed by atoms with Gasteiger partial charge in [-0.05, 0) is 18.8 Å². The van der Waals surface area contributed by atoms with E-state index in [0.717, 1.165) is 0 Å². The summed E-state index contributed by atoms with van der Waals surface area (Å²) in [4.78, 5) is 0.0301. The van der Waals surface area contributed by atoms with Gasteiger partial charge in [0, 0.05) is 13.1 Å². The zero-order valence-electron chi connectivity index (χ0n) is 11.3. The lowest BCUT2D eigenvalue weighted by molar-refractivity contribution is 0.332. The lowest BCUT2D eigenvalue weighted by atomic mass is 10.2. The van der Waals surface area contributed by atoms with Gasteiger partial charge in [-0.25, -0.2) is 12.7 Å². The fraction of sp³-hybridized carbons (Fsp3) is 0.909. The fourth-order valence-electron chi connectivity index (χ4n) is 1.47. The van der Waals surface area contributed by atoms with E-state index >= 15 is 0 Å². The van der Waals surface area contributed by atoms with Crippen LogP contribution in [0.3, 0.4) is 0 Å². The molecule has 0 aromatic heterocycles. The van der Waals surface area contributed by atoms with Gasteiger partial charge < -0.3 is 5.73 Å². The monoisotopic (exact) mass is 280 g/mol. The molecule has 1 unspecified atom stereocenters. The summed E-state index contributed by atoms with van der Waals surface area (Å²) in [7, 11) is -3.42. The largest absolute Gasteiger partial charge is 0.392 e. The molecular weight excluding hydrogens is 256 g/mol. The van der Waals surface area contributed by atoms with Crippen LogP contribution in [0.15, 0.2) is 0 Å². The Morgan fingerprint density at radius 1 is 1.12 bits per heavy atom. The second-order valence-corrected chi connectivity index (χ2v) is 7.92. The molecule has 2 N–H and O–H groups in total. The summed E-state index contributed by atoms with van der Waals surface area (Å²) in [5, 5.41) is -0.796. The van der Waals surface area contributed by atoms with E-state index in [0.29, 0.717) is 13.1 Å². The summed E-state index contributed by atoms with van der Waals surface area (Å²) in [5.74, 6) is 0.559. The third-order valence-corrected chi connectivity index (χ3v) is 5.01. The summed E-state index contributed by atoms with van der Waals surface area (Å²) in [5.41, 5.74) is 5.45. The van der Waals surface area contributed by atoms with Crippen LogP contribution in [0.2, 0.25) is 0 Å². The summed E-state index contributed by atoms with van der Waals surface area (Å²) in [6.07, 6.45) is 0. The Kier molecular flexibility index (Phi) is 6.58. The van der Waals surface area contributed by atoms with E-state index in [9.17, 15) is 8.42 Å². The molecule has 0 rings (SSSR count). The molecule has 0 aromatic carbocycles. The van der Waals surface area contributed by atoms with Crippen molar-refractivity contribution in [1.82, 2.24) is 4.31 Å². The number of hydrogen-bond donors (Lipinski definition) is 1. The molecule has 0 heterocycles. The molecule has 0 aliphatic carbocycles. The Labute approximate surface area is 111 Å². The number of sulfonamides is 1. The molecule has 0 fully saturated rings. The SMILES string of the molecule is CC(C)CN(CC(C)C)S(=O)(=O)C(C)C(N)=S. The van der Waals surface area contributed by atoms with Crippen LogP contribution < -0.4 is 5.73 Å². The first kappa shape index (κ1) is 16.8. The average Bonchev–Trinajstić information content (AvgIpc) is 2.13. The quantitative estimate of drug-likeness (QED) is 0.720. The second kappa shape index (κ2) is 6.66. The van der Waals surface area contributed by atoms with Crippen molar-refractivity contribution in [3.05, 3.63) is 0 Å². The highest BCUT2D eigenvalue weighted by Gasteiger charge is 2.31. The molecule has 0 amide bonds. The molecule has 102 valence electrons. The minimum atomic E-state index is -3.42. The van der Waals surface area contributed by atoms with Crippen LogP contribution in [0.25, 0.3) is 0 Å². The minimum absolute atomic E-state index is 0.0301. The number of hydrogen-bond acceptors (Lipinski definition) is 3. The molecule has 0 radical (unpaired) electrons. The molecular formula is C11H24N2O2S2. The standard InChI is InChI=1S/C11H24N2O2S2/c1-8(2)6-13(7-9(3)4)17(14,15)10(5)11(12)16/h8-10H,6-7H2,1-5H3,(H2,12,16). The minimum Gasteiger partial charge on any atom is -0.392 e. The van der Waals surface area contributed by atoms with Gasteiger partial charge in [-0.2, -0.15) is 0 Å².